The number of nitrogens with one attached hydrogen (secondary N) is 1. The normalized spacial score (nSPS) is 11.0. The van der Waals surface area contributed by atoms with E-state index in [4.69, 9.17) is 11.6 Å². The highest BCUT2D eigenvalue weighted by Crippen LogP contribution is 2.15. The third-order valence-electron chi connectivity index (χ3n) is 4.18. The van der Waals surface area contributed by atoms with Gasteiger partial charge in [0.1, 0.15) is 0 Å². The molecule has 0 saturated carbocycles. The first-order valence-corrected chi connectivity index (χ1v) is 9.29. The van der Waals surface area contributed by atoms with Crippen LogP contribution in [-0.4, -0.2) is 21.2 Å². The summed E-state index contributed by atoms with van der Waals surface area (Å²) < 4.78 is 1.26. The van der Waals surface area contributed by atoms with Gasteiger partial charge in [-0.2, -0.15) is 0 Å². The zero-order valence-corrected chi connectivity index (χ0v) is 16.4. The molecule has 0 atom stereocenters. The maximum absolute atomic E-state index is 12.6. The number of ketones is 1. The van der Waals surface area contributed by atoms with Crippen LogP contribution in [-0.2, 0) is 11.3 Å². The minimum atomic E-state index is -0.321. The Balaban J connectivity index is 1.74. The lowest BCUT2D eigenvalue weighted by atomic mass is 10.1. The van der Waals surface area contributed by atoms with Gasteiger partial charge in [-0.25, -0.2) is 4.98 Å². The van der Waals surface area contributed by atoms with E-state index in [-0.39, 0.29) is 29.7 Å². The maximum Gasteiger partial charge on any atom is 0.261 e. The second-order valence-electron chi connectivity index (χ2n) is 6.99. The second-order valence-corrected chi connectivity index (χ2v) is 7.42. The topological polar surface area (TPSA) is 81.1 Å². The first-order valence-electron chi connectivity index (χ1n) is 8.91. The number of fused-ring (bicyclic) bond motifs is 1. The van der Waals surface area contributed by atoms with Crippen LogP contribution < -0.4 is 10.9 Å². The molecule has 6 nitrogen and oxygen atoms in total. The number of amides is 1. The number of hydrogen-bond donors (Lipinski definition) is 1. The predicted molar refractivity (Wildman–Crippen MR) is 110 cm³/mol. The van der Waals surface area contributed by atoms with Gasteiger partial charge in [0.2, 0.25) is 5.91 Å². The Morgan fingerprint density at radius 3 is 2.54 bits per heavy atom. The van der Waals surface area contributed by atoms with Gasteiger partial charge in [-0.05, 0) is 48.4 Å². The second kappa shape index (κ2) is 8.35. The molecule has 28 heavy (non-hydrogen) atoms. The number of aromatic nitrogens is 2. The van der Waals surface area contributed by atoms with Crippen LogP contribution >= 0.6 is 11.6 Å². The van der Waals surface area contributed by atoms with Gasteiger partial charge in [-0.1, -0.05) is 25.4 Å². The number of Topliss-reactive ketones (excluding diaryl/α,β-unsaturated/α-hetero) is 1. The standard InChI is InChI=1S/C21H20ClN3O3/c1-13(2)9-20(27)24-16-6-3-14(4-7-16)19(26)11-25-12-23-18-8-5-15(22)10-17(18)21(25)28/h3-8,10,12-13H,9,11H2,1-2H3,(H,24,27). The fraction of sp³-hybridized carbons (Fsp3) is 0.238. The molecule has 0 aliphatic carbocycles. The molecule has 1 aromatic heterocycles. The highest BCUT2D eigenvalue weighted by molar-refractivity contribution is 6.31. The highest BCUT2D eigenvalue weighted by Gasteiger charge is 2.11. The smallest absolute Gasteiger partial charge is 0.261 e. The first kappa shape index (κ1) is 19.8. The van der Waals surface area contributed by atoms with E-state index in [1.54, 1.807) is 42.5 Å². The van der Waals surface area contributed by atoms with E-state index in [0.29, 0.717) is 33.6 Å². The number of anilines is 1. The van der Waals surface area contributed by atoms with Crippen LogP contribution in [0.15, 0.2) is 53.6 Å². The van der Waals surface area contributed by atoms with Crippen LogP contribution in [0.2, 0.25) is 5.02 Å². The SMILES string of the molecule is CC(C)CC(=O)Nc1ccc(C(=O)Cn2cnc3ccc(Cl)cc3c2=O)cc1. The first-order chi connectivity index (χ1) is 13.3. The number of nitrogens with zero attached hydrogens (tertiary/aromatic N) is 2. The largest absolute Gasteiger partial charge is 0.326 e. The van der Waals surface area contributed by atoms with Crippen molar-refractivity contribution in [1.29, 1.82) is 0 Å². The van der Waals surface area contributed by atoms with Crippen molar-refractivity contribution < 1.29 is 9.59 Å². The molecule has 0 fully saturated rings. The van der Waals surface area contributed by atoms with Crippen LogP contribution in [0.25, 0.3) is 10.9 Å². The van der Waals surface area contributed by atoms with Crippen LogP contribution in [0.3, 0.4) is 0 Å². The Hall–Kier alpha value is -2.99. The van der Waals surface area contributed by atoms with Crippen molar-refractivity contribution in [3.8, 4) is 0 Å². The summed E-state index contributed by atoms with van der Waals surface area (Å²) in [4.78, 5) is 41.1. The summed E-state index contributed by atoms with van der Waals surface area (Å²) in [6.45, 7) is 3.81. The summed E-state index contributed by atoms with van der Waals surface area (Å²) >= 11 is 5.95. The highest BCUT2D eigenvalue weighted by atomic mass is 35.5. The molecule has 2 aromatic carbocycles. The molecule has 0 bridgehead atoms. The van der Waals surface area contributed by atoms with Crippen LogP contribution in [0.4, 0.5) is 5.69 Å². The van der Waals surface area contributed by atoms with Gasteiger partial charge in [0.15, 0.2) is 5.78 Å². The molecule has 0 aliphatic rings. The van der Waals surface area contributed by atoms with Crippen molar-refractivity contribution in [3.05, 3.63) is 69.7 Å². The molecule has 0 unspecified atom stereocenters. The Kier molecular flexibility index (Phi) is 5.90. The van der Waals surface area contributed by atoms with Gasteiger partial charge >= 0.3 is 0 Å². The average Bonchev–Trinajstić information content (AvgIpc) is 2.64. The van der Waals surface area contributed by atoms with Crippen LogP contribution in [0.1, 0.15) is 30.6 Å². The molecule has 1 heterocycles. The van der Waals surface area contributed by atoms with E-state index in [9.17, 15) is 14.4 Å². The van der Waals surface area contributed by atoms with Crippen molar-refractivity contribution in [1.82, 2.24) is 9.55 Å². The summed E-state index contributed by atoms with van der Waals surface area (Å²) in [5.41, 5.74) is 1.28. The van der Waals surface area contributed by atoms with E-state index >= 15 is 0 Å². The third kappa shape index (κ3) is 4.64. The predicted octanol–water partition coefficient (Wildman–Crippen LogP) is 3.92. The zero-order valence-electron chi connectivity index (χ0n) is 15.6. The summed E-state index contributed by atoms with van der Waals surface area (Å²) in [6, 6.07) is 11.5. The van der Waals surface area contributed by atoms with Gasteiger partial charge in [-0.3, -0.25) is 19.0 Å². The lowest BCUT2D eigenvalue weighted by Gasteiger charge is -2.09. The lowest BCUT2D eigenvalue weighted by Crippen LogP contribution is -2.24. The van der Waals surface area contributed by atoms with E-state index in [0.717, 1.165) is 0 Å². The van der Waals surface area contributed by atoms with Crippen molar-refractivity contribution in [3.63, 3.8) is 0 Å². The lowest BCUT2D eigenvalue weighted by molar-refractivity contribution is -0.116. The summed E-state index contributed by atoms with van der Waals surface area (Å²) in [7, 11) is 0. The van der Waals surface area contributed by atoms with Gasteiger partial charge in [0, 0.05) is 22.7 Å². The molecule has 0 radical (unpaired) electrons. The number of rotatable bonds is 6. The summed E-state index contributed by atoms with van der Waals surface area (Å²) in [5, 5.41) is 3.60. The molecule has 0 spiro atoms. The number of carbonyl (C=O) groups excluding carboxylic acids is 2. The van der Waals surface area contributed by atoms with Crippen LogP contribution in [0.5, 0.6) is 0 Å². The van der Waals surface area contributed by atoms with E-state index in [1.807, 2.05) is 13.8 Å². The Labute approximate surface area is 167 Å². The molecule has 144 valence electrons. The Morgan fingerprint density at radius 2 is 1.86 bits per heavy atom. The van der Waals surface area contributed by atoms with Gasteiger partial charge < -0.3 is 5.32 Å². The van der Waals surface area contributed by atoms with Crippen LogP contribution in [0, 0.1) is 5.92 Å². The molecule has 1 amide bonds. The summed E-state index contributed by atoms with van der Waals surface area (Å²) in [6.07, 6.45) is 1.79. The fourth-order valence-electron chi connectivity index (χ4n) is 2.81. The molecule has 1 N–H and O–H groups in total. The maximum atomic E-state index is 12.6. The van der Waals surface area contributed by atoms with E-state index < -0.39 is 0 Å². The van der Waals surface area contributed by atoms with Crippen molar-refractivity contribution in [2.24, 2.45) is 5.92 Å². The molecule has 3 rings (SSSR count). The van der Waals surface area contributed by atoms with Gasteiger partial charge in [0.25, 0.3) is 5.56 Å². The van der Waals surface area contributed by atoms with Crippen molar-refractivity contribution in [2.45, 2.75) is 26.8 Å². The Bertz CT molecular complexity index is 1090. The molecular weight excluding hydrogens is 378 g/mol. The Morgan fingerprint density at radius 1 is 1.14 bits per heavy atom. The van der Waals surface area contributed by atoms with Gasteiger partial charge in [-0.15, -0.1) is 0 Å². The quantitative estimate of drug-likeness (QED) is 0.639. The van der Waals surface area contributed by atoms with Crippen molar-refractivity contribution >= 4 is 39.9 Å². The monoisotopic (exact) mass is 397 g/mol. The van der Waals surface area contributed by atoms with Gasteiger partial charge in [0.05, 0.1) is 23.8 Å². The fourth-order valence-corrected chi connectivity index (χ4v) is 2.98. The minimum Gasteiger partial charge on any atom is -0.326 e. The molecule has 0 saturated heterocycles. The molecule has 3 aromatic rings. The van der Waals surface area contributed by atoms with Crippen molar-refractivity contribution in [2.75, 3.05) is 5.32 Å². The van der Waals surface area contributed by atoms with E-state index in [2.05, 4.69) is 10.3 Å². The minimum absolute atomic E-state index is 0.0680. The molecule has 7 heteroatoms. The number of hydrogen-bond acceptors (Lipinski definition) is 4. The average molecular weight is 398 g/mol. The zero-order chi connectivity index (χ0) is 20.3. The van der Waals surface area contributed by atoms with E-state index in [1.165, 1.54) is 10.9 Å². The summed E-state index contributed by atoms with van der Waals surface area (Å²) in [5.74, 6) is -0.0310. The number of benzene rings is 2. The number of carbonyl (C=O) groups is 2. The third-order valence-corrected chi connectivity index (χ3v) is 4.42. The molecule has 0 aliphatic heterocycles. The molecular formula is C21H20ClN3O3. The number of halogens is 1.